The zero-order chi connectivity index (χ0) is 19.7. The van der Waals surface area contributed by atoms with Gasteiger partial charge in [-0.3, -0.25) is 9.20 Å². The van der Waals surface area contributed by atoms with Gasteiger partial charge in [-0.15, -0.1) is 11.8 Å². The number of hydrogen-bond donors (Lipinski definition) is 1. The van der Waals surface area contributed by atoms with Crippen molar-refractivity contribution >= 4 is 39.7 Å². The Morgan fingerprint density at radius 2 is 1.86 bits per heavy atom. The van der Waals surface area contributed by atoms with Gasteiger partial charge in [0.25, 0.3) is 5.91 Å². The van der Waals surface area contributed by atoms with Crippen LogP contribution in [-0.4, -0.2) is 28.7 Å². The van der Waals surface area contributed by atoms with Gasteiger partial charge in [-0.05, 0) is 61.7 Å². The summed E-state index contributed by atoms with van der Waals surface area (Å²) < 4.78 is 7.17. The van der Waals surface area contributed by atoms with Crippen molar-refractivity contribution < 1.29 is 9.53 Å². The van der Waals surface area contributed by atoms with Gasteiger partial charge in [-0.1, -0.05) is 11.3 Å². The number of benzene rings is 2. The highest BCUT2D eigenvalue weighted by molar-refractivity contribution is 7.98. The van der Waals surface area contributed by atoms with E-state index < -0.39 is 0 Å². The zero-order valence-corrected chi connectivity index (χ0v) is 17.4. The van der Waals surface area contributed by atoms with Crippen molar-refractivity contribution in [2.75, 3.05) is 18.7 Å². The topological polar surface area (TPSA) is 55.6 Å². The highest BCUT2D eigenvalue weighted by Gasteiger charge is 2.18. The molecule has 2 aromatic carbocycles. The molecule has 1 N–H and O–H groups in total. The monoisotopic (exact) mass is 409 g/mol. The van der Waals surface area contributed by atoms with E-state index in [2.05, 4.69) is 10.3 Å². The Hall–Kier alpha value is -2.77. The van der Waals surface area contributed by atoms with Gasteiger partial charge < -0.3 is 10.1 Å². The van der Waals surface area contributed by atoms with E-state index in [1.807, 2.05) is 72.3 Å². The number of ether oxygens (including phenoxy) is 1. The lowest BCUT2D eigenvalue weighted by atomic mass is 10.2. The molecule has 4 aromatic rings. The van der Waals surface area contributed by atoms with Crippen LogP contribution in [-0.2, 0) is 0 Å². The Balaban J connectivity index is 1.58. The van der Waals surface area contributed by atoms with Crippen molar-refractivity contribution in [1.82, 2.24) is 9.38 Å². The molecule has 2 aromatic heterocycles. The van der Waals surface area contributed by atoms with Crippen LogP contribution in [0.5, 0.6) is 5.75 Å². The zero-order valence-electron chi connectivity index (χ0n) is 15.7. The smallest absolute Gasteiger partial charge is 0.267 e. The Bertz CT molecular complexity index is 1130. The van der Waals surface area contributed by atoms with Gasteiger partial charge in [0, 0.05) is 28.0 Å². The van der Waals surface area contributed by atoms with Gasteiger partial charge >= 0.3 is 0 Å². The Morgan fingerprint density at radius 3 is 2.46 bits per heavy atom. The molecule has 0 aliphatic carbocycles. The molecule has 7 heteroatoms. The average molecular weight is 410 g/mol. The van der Waals surface area contributed by atoms with Crippen molar-refractivity contribution in [1.29, 1.82) is 0 Å². The maximum atomic E-state index is 12.7. The van der Waals surface area contributed by atoms with Crippen molar-refractivity contribution in [3.8, 4) is 17.0 Å². The first kappa shape index (κ1) is 18.6. The lowest BCUT2D eigenvalue weighted by Gasteiger charge is -2.05. The first-order valence-electron chi connectivity index (χ1n) is 8.67. The number of nitrogens with one attached hydrogen (secondary N) is 1. The summed E-state index contributed by atoms with van der Waals surface area (Å²) in [5.41, 5.74) is 3.55. The molecular formula is C21H19N3O2S2. The number of thiazole rings is 1. The number of methoxy groups -OCH3 is 1. The van der Waals surface area contributed by atoms with Gasteiger partial charge in [0.2, 0.25) is 0 Å². The van der Waals surface area contributed by atoms with Crippen LogP contribution in [0.3, 0.4) is 0 Å². The summed E-state index contributed by atoms with van der Waals surface area (Å²) in [6, 6.07) is 15.6. The molecule has 4 rings (SSSR count). The number of aryl methyl sites for hydroxylation is 1. The highest BCUT2D eigenvalue weighted by Crippen LogP contribution is 2.29. The summed E-state index contributed by atoms with van der Waals surface area (Å²) in [5, 5.41) is 2.97. The minimum atomic E-state index is -0.115. The van der Waals surface area contributed by atoms with Crippen LogP contribution in [0, 0.1) is 6.92 Å². The number of carbonyl (C=O) groups excluding carboxylic acids is 1. The summed E-state index contributed by atoms with van der Waals surface area (Å²) >= 11 is 3.06. The second-order valence-corrected chi connectivity index (χ2v) is 8.06. The standard InChI is InChI=1S/C21H19N3O2S2/c1-13-19(20(25)22-15-6-10-17(27-3)11-7-15)28-21-23-18(12-24(13)21)14-4-8-16(26-2)9-5-14/h4-12H,1-3H3,(H,22,25). The van der Waals surface area contributed by atoms with Gasteiger partial charge in [0.1, 0.15) is 10.6 Å². The van der Waals surface area contributed by atoms with Gasteiger partial charge in [-0.2, -0.15) is 0 Å². The molecule has 5 nitrogen and oxygen atoms in total. The van der Waals surface area contributed by atoms with Crippen molar-refractivity contribution in [3.63, 3.8) is 0 Å². The summed E-state index contributed by atoms with van der Waals surface area (Å²) in [5.74, 6) is 0.696. The van der Waals surface area contributed by atoms with Crippen LogP contribution in [0.4, 0.5) is 5.69 Å². The van der Waals surface area contributed by atoms with Gasteiger partial charge in [0.05, 0.1) is 12.8 Å². The van der Waals surface area contributed by atoms with E-state index >= 15 is 0 Å². The summed E-state index contributed by atoms with van der Waals surface area (Å²) in [7, 11) is 1.65. The largest absolute Gasteiger partial charge is 0.497 e. The number of nitrogens with zero attached hydrogens (tertiary/aromatic N) is 2. The third-order valence-electron chi connectivity index (χ3n) is 4.50. The molecule has 0 atom stereocenters. The van der Waals surface area contributed by atoms with E-state index in [4.69, 9.17) is 4.74 Å². The first-order chi connectivity index (χ1) is 13.6. The number of amides is 1. The first-order valence-corrected chi connectivity index (χ1v) is 10.7. The fourth-order valence-electron chi connectivity index (χ4n) is 2.92. The van der Waals surface area contributed by atoms with Gasteiger partial charge in [0.15, 0.2) is 4.96 Å². The molecule has 142 valence electrons. The normalized spacial score (nSPS) is 11.0. The molecule has 0 radical (unpaired) electrons. The lowest BCUT2D eigenvalue weighted by molar-refractivity contribution is 0.102. The molecule has 2 heterocycles. The third kappa shape index (κ3) is 3.50. The Kier molecular flexibility index (Phi) is 5.11. The number of hydrogen-bond acceptors (Lipinski definition) is 5. The summed E-state index contributed by atoms with van der Waals surface area (Å²) in [6.07, 6.45) is 3.99. The number of carbonyl (C=O) groups is 1. The Labute approximate surface area is 171 Å². The molecule has 0 aliphatic rings. The third-order valence-corrected chi connectivity index (χ3v) is 6.40. The number of rotatable bonds is 5. The number of anilines is 1. The van der Waals surface area contributed by atoms with Crippen LogP contribution < -0.4 is 10.1 Å². The minimum absolute atomic E-state index is 0.115. The number of fused-ring (bicyclic) bond motifs is 1. The average Bonchev–Trinajstić information content (AvgIpc) is 3.28. The predicted octanol–water partition coefficient (Wildman–Crippen LogP) is 5.35. The van der Waals surface area contributed by atoms with E-state index in [1.54, 1.807) is 18.9 Å². The molecular weight excluding hydrogens is 390 g/mol. The number of thioether (sulfide) groups is 1. The molecule has 0 aliphatic heterocycles. The van der Waals surface area contributed by atoms with Crippen LogP contribution >= 0.6 is 23.1 Å². The number of imidazole rings is 1. The Morgan fingerprint density at radius 1 is 1.14 bits per heavy atom. The van der Waals surface area contributed by atoms with Crippen molar-refractivity contribution in [2.45, 2.75) is 11.8 Å². The van der Waals surface area contributed by atoms with E-state index in [0.29, 0.717) is 4.88 Å². The maximum Gasteiger partial charge on any atom is 0.267 e. The second-order valence-electron chi connectivity index (χ2n) is 6.21. The molecule has 0 saturated carbocycles. The summed E-state index contributed by atoms with van der Waals surface area (Å²) in [6.45, 7) is 1.94. The van der Waals surface area contributed by atoms with Crippen LogP contribution in [0.15, 0.2) is 59.6 Å². The molecule has 0 unspecified atom stereocenters. The summed E-state index contributed by atoms with van der Waals surface area (Å²) in [4.78, 5) is 20.0. The SMILES string of the molecule is COc1ccc(-c2cn3c(C)c(C(=O)Nc4ccc(SC)cc4)sc3n2)cc1. The molecule has 0 spiro atoms. The predicted molar refractivity (Wildman–Crippen MR) is 116 cm³/mol. The molecule has 0 saturated heterocycles. The molecule has 0 bridgehead atoms. The van der Waals surface area contributed by atoms with Crippen molar-refractivity contribution in [3.05, 3.63) is 65.3 Å². The van der Waals surface area contributed by atoms with Crippen LogP contribution in [0.25, 0.3) is 16.2 Å². The van der Waals surface area contributed by atoms with E-state index in [0.717, 1.165) is 38.2 Å². The second kappa shape index (κ2) is 7.69. The lowest BCUT2D eigenvalue weighted by Crippen LogP contribution is -2.11. The van der Waals surface area contributed by atoms with E-state index in [-0.39, 0.29) is 5.91 Å². The minimum Gasteiger partial charge on any atom is -0.497 e. The highest BCUT2D eigenvalue weighted by atomic mass is 32.2. The van der Waals surface area contributed by atoms with Crippen LogP contribution in [0.2, 0.25) is 0 Å². The maximum absolute atomic E-state index is 12.7. The number of aromatic nitrogens is 2. The quantitative estimate of drug-likeness (QED) is 0.451. The molecule has 28 heavy (non-hydrogen) atoms. The molecule has 1 amide bonds. The van der Waals surface area contributed by atoms with E-state index in [1.165, 1.54) is 11.3 Å². The fraction of sp³-hybridized carbons (Fsp3) is 0.143. The fourth-order valence-corrected chi connectivity index (χ4v) is 4.34. The van der Waals surface area contributed by atoms with Crippen molar-refractivity contribution in [2.24, 2.45) is 0 Å². The van der Waals surface area contributed by atoms with Crippen LogP contribution in [0.1, 0.15) is 15.4 Å². The van der Waals surface area contributed by atoms with E-state index in [9.17, 15) is 4.79 Å². The van der Waals surface area contributed by atoms with Gasteiger partial charge in [-0.25, -0.2) is 4.98 Å². The molecule has 0 fully saturated rings.